The quantitative estimate of drug-likeness (QED) is 0.766. The molecule has 2 aromatic rings. The van der Waals surface area contributed by atoms with Gasteiger partial charge in [0.25, 0.3) is 0 Å². The first-order valence-electron chi connectivity index (χ1n) is 4.86. The summed E-state index contributed by atoms with van der Waals surface area (Å²) >= 11 is 7.56. The van der Waals surface area contributed by atoms with Crippen LogP contribution in [-0.2, 0) is 16.0 Å². The second-order valence-corrected chi connectivity index (χ2v) is 5.12. The minimum absolute atomic E-state index is 0.208. The molecule has 0 aliphatic heterocycles. The Kier molecular flexibility index (Phi) is 3.17. The van der Waals surface area contributed by atoms with Crippen molar-refractivity contribution in [2.75, 3.05) is 7.11 Å². The second kappa shape index (κ2) is 4.44. The van der Waals surface area contributed by atoms with Gasteiger partial charge in [0.15, 0.2) is 0 Å². The van der Waals surface area contributed by atoms with Gasteiger partial charge in [-0.05, 0) is 36.1 Å². The molecule has 1 heterocycles. The van der Waals surface area contributed by atoms with Crippen molar-refractivity contribution in [3.05, 3.63) is 33.7 Å². The Morgan fingerprint density at radius 2 is 2.25 bits per heavy atom. The van der Waals surface area contributed by atoms with Crippen LogP contribution in [0.15, 0.2) is 18.2 Å². The molecule has 84 valence electrons. The minimum atomic E-state index is -0.208. The van der Waals surface area contributed by atoms with Gasteiger partial charge in [-0.15, -0.1) is 11.3 Å². The maximum atomic E-state index is 11.2. The monoisotopic (exact) mass is 254 g/mol. The van der Waals surface area contributed by atoms with Crippen molar-refractivity contribution in [2.24, 2.45) is 0 Å². The van der Waals surface area contributed by atoms with Gasteiger partial charge in [0.05, 0.1) is 13.5 Å². The number of esters is 1. The molecule has 0 bridgehead atoms. The Bertz CT molecular complexity index is 545. The lowest BCUT2D eigenvalue weighted by atomic mass is 10.1. The fraction of sp³-hybridized carbons (Fsp3) is 0.250. The van der Waals surface area contributed by atoms with Crippen LogP contribution in [-0.4, -0.2) is 13.1 Å². The third-order valence-corrected chi connectivity index (χ3v) is 4.04. The Hall–Kier alpha value is -1.06. The van der Waals surface area contributed by atoms with E-state index in [9.17, 15) is 4.79 Å². The highest BCUT2D eigenvalue weighted by molar-refractivity contribution is 7.19. The number of methoxy groups -OCH3 is 1. The first-order chi connectivity index (χ1) is 7.61. The van der Waals surface area contributed by atoms with Crippen LogP contribution in [0.1, 0.15) is 10.4 Å². The van der Waals surface area contributed by atoms with Crippen LogP contribution in [0.2, 0.25) is 5.02 Å². The van der Waals surface area contributed by atoms with Crippen molar-refractivity contribution in [2.45, 2.75) is 13.3 Å². The van der Waals surface area contributed by atoms with E-state index in [4.69, 9.17) is 11.6 Å². The molecule has 16 heavy (non-hydrogen) atoms. The number of carbonyl (C=O) groups excluding carboxylic acids is 1. The summed E-state index contributed by atoms with van der Waals surface area (Å²) in [6, 6.07) is 5.78. The molecule has 1 aromatic carbocycles. The number of fused-ring (bicyclic) bond motifs is 1. The number of ether oxygens (including phenoxy) is 1. The molecule has 0 fully saturated rings. The lowest BCUT2D eigenvalue weighted by Gasteiger charge is -1.97. The van der Waals surface area contributed by atoms with Crippen molar-refractivity contribution in [1.29, 1.82) is 0 Å². The third-order valence-electron chi connectivity index (χ3n) is 2.53. The van der Waals surface area contributed by atoms with Crippen LogP contribution in [0, 0.1) is 6.92 Å². The molecule has 0 atom stereocenters. The van der Waals surface area contributed by atoms with E-state index in [2.05, 4.69) is 4.74 Å². The van der Waals surface area contributed by atoms with E-state index in [-0.39, 0.29) is 5.97 Å². The van der Waals surface area contributed by atoms with Crippen LogP contribution in [0.4, 0.5) is 0 Å². The first kappa shape index (κ1) is 11.4. The normalized spacial score (nSPS) is 10.7. The van der Waals surface area contributed by atoms with Gasteiger partial charge in [-0.1, -0.05) is 11.6 Å². The summed E-state index contributed by atoms with van der Waals surface area (Å²) < 4.78 is 5.82. The smallest absolute Gasteiger partial charge is 0.310 e. The molecule has 0 aliphatic rings. The first-order valence-corrected chi connectivity index (χ1v) is 6.05. The molecule has 4 heteroatoms. The Balaban J connectivity index is 2.48. The summed E-state index contributed by atoms with van der Waals surface area (Å²) in [5.74, 6) is -0.208. The average molecular weight is 255 g/mol. The molecule has 2 nitrogen and oxygen atoms in total. The number of rotatable bonds is 2. The zero-order chi connectivity index (χ0) is 11.7. The number of thiophene rings is 1. The SMILES string of the molecule is COC(=O)Cc1sc2ccc(Cl)cc2c1C. The van der Waals surface area contributed by atoms with E-state index in [1.54, 1.807) is 11.3 Å². The molecule has 0 amide bonds. The predicted octanol–water partition coefficient (Wildman–Crippen LogP) is 3.58. The number of halogens is 1. The molecular formula is C12H11ClO2S. The van der Waals surface area contributed by atoms with Gasteiger partial charge in [-0.2, -0.15) is 0 Å². The maximum absolute atomic E-state index is 11.2. The molecule has 0 unspecified atom stereocenters. The van der Waals surface area contributed by atoms with Gasteiger partial charge in [0.1, 0.15) is 0 Å². The van der Waals surface area contributed by atoms with Crippen LogP contribution in [0.25, 0.3) is 10.1 Å². The average Bonchev–Trinajstić information content (AvgIpc) is 2.56. The van der Waals surface area contributed by atoms with E-state index in [0.29, 0.717) is 6.42 Å². The van der Waals surface area contributed by atoms with Crippen molar-refractivity contribution in [3.63, 3.8) is 0 Å². The highest BCUT2D eigenvalue weighted by Gasteiger charge is 2.12. The largest absolute Gasteiger partial charge is 0.469 e. The van der Waals surface area contributed by atoms with Gasteiger partial charge < -0.3 is 4.74 Å². The molecule has 2 rings (SSSR count). The zero-order valence-electron chi connectivity index (χ0n) is 9.04. The number of hydrogen-bond acceptors (Lipinski definition) is 3. The van der Waals surface area contributed by atoms with Crippen LogP contribution < -0.4 is 0 Å². The topological polar surface area (TPSA) is 26.3 Å². The van der Waals surface area contributed by atoms with E-state index in [1.165, 1.54) is 7.11 Å². The number of hydrogen-bond donors (Lipinski definition) is 0. The summed E-state index contributed by atoms with van der Waals surface area (Å²) in [5, 5.41) is 1.84. The Morgan fingerprint density at radius 3 is 2.94 bits per heavy atom. The Labute approximate surface area is 103 Å². The fourth-order valence-electron chi connectivity index (χ4n) is 1.62. The van der Waals surface area contributed by atoms with E-state index < -0.39 is 0 Å². The van der Waals surface area contributed by atoms with Crippen LogP contribution >= 0.6 is 22.9 Å². The standard InChI is InChI=1S/C12H11ClO2S/c1-7-9-5-8(13)3-4-10(9)16-11(7)6-12(14)15-2/h3-5H,6H2,1-2H3. The summed E-state index contributed by atoms with van der Waals surface area (Å²) in [5.41, 5.74) is 1.12. The summed E-state index contributed by atoms with van der Waals surface area (Å²) in [4.78, 5) is 12.3. The van der Waals surface area contributed by atoms with E-state index in [0.717, 1.165) is 25.5 Å². The highest BCUT2D eigenvalue weighted by Crippen LogP contribution is 2.32. The molecule has 0 radical (unpaired) electrons. The van der Waals surface area contributed by atoms with Gasteiger partial charge in [0, 0.05) is 14.6 Å². The Morgan fingerprint density at radius 1 is 1.50 bits per heavy atom. The van der Waals surface area contributed by atoms with Gasteiger partial charge in [-0.25, -0.2) is 0 Å². The van der Waals surface area contributed by atoms with Crippen molar-refractivity contribution in [3.8, 4) is 0 Å². The number of aryl methyl sites for hydroxylation is 1. The molecule has 0 saturated carbocycles. The van der Waals surface area contributed by atoms with Crippen LogP contribution in [0.5, 0.6) is 0 Å². The van der Waals surface area contributed by atoms with E-state index >= 15 is 0 Å². The third kappa shape index (κ3) is 2.06. The number of benzene rings is 1. The van der Waals surface area contributed by atoms with Crippen molar-refractivity contribution >= 4 is 39.0 Å². The predicted molar refractivity (Wildman–Crippen MR) is 67.3 cm³/mol. The maximum Gasteiger partial charge on any atom is 0.310 e. The molecule has 0 saturated heterocycles. The minimum Gasteiger partial charge on any atom is -0.469 e. The van der Waals surface area contributed by atoms with Gasteiger partial charge >= 0.3 is 5.97 Å². The van der Waals surface area contributed by atoms with Gasteiger partial charge in [-0.3, -0.25) is 4.79 Å². The number of carbonyl (C=O) groups is 1. The molecular weight excluding hydrogens is 244 g/mol. The van der Waals surface area contributed by atoms with Crippen molar-refractivity contribution < 1.29 is 9.53 Å². The summed E-state index contributed by atoms with van der Waals surface area (Å²) in [6.45, 7) is 2.01. The molecule has 0 spiro atoms. The molecule has 0 N–H and O–H groups in total. The summed E-state index contributed by atoms with van der Waals surface area (Å²) in [7, 11) is 1.40. The molecule has 1 aromatic heterocycles. The molecule has 0 aliphatic carbocycles. The highest BCUT2D eigenvalue weighted by atomic mass is 35.5. The fourth-order valence-corrected chi connectivity index (χ4v) is 2.96. The summed E-state index contributed by atoms with van der Waals surface area (Å²) in [6.07, 6.45) is 0.333. The van der Waals surface area contributed by atoms with Gasteiger partial charge in [0.2, 0.25) is 0 Å². The lowest BCUT2D eigenvalue weighted by molar-refractivity contribution is -0.139. The van der Waals surface area contributed by atoms with Crippen LogP contribution in [0.3, 0.4) is 0 Å². The zero-order valence-corrected chi connectivity index (χ0v) is 10.6. The second-order valence-electron chi connectivity index (χ2n) is 3.54. The van der Waals surface area contributed by atoms with E-state index in [1.807, 2.05) is 25.1 Å². The lowest BCUT2D eigenvalue weighted by Crippen LogP contribution is -2.03. The van der Waals surface area contributed by atoms with Crippen molar-refractivity contribution in [1.82, 2.24) is 0 Å².